The van der Waals surface area contributed by atoms with E-state index >= 15 is 0 Å². The van der Waals surface area contributed by atoms with Crippen molar-refractivity contribution in [3.63, 3.8) is 0 Å². The summed E-state index contributed by atoms with van der Waals surface area (Å²) < 4.78 is 2.37. The molecule has 0 radical (unpaired) electrons. The van der Waals surface area contributed by atoms with Gasteiger partial charge < -0.3 is 9.67 Å². The largest absolute Gasteiger partial charge is 0.388 e. The lowest BCUT2D eigenvalue weighted by atomic mass is 9.75. The normalized spacial score (nSPS) is 25.2. The first kappa shape index (κ1) is 13.0. The fourth-order valence-corrected chi connectivity index (χ4v) is 3.63. The van der Waals surface area contributed by atoms with E-state index in [4.69, 9.17) is 0 Å². The summed E-state index contributed by atoms with van der Waals surface area (Å²) in [6.45, 7) is 5.59. The third-order valence-electron chi connectivity index (χ3n) is 4.67. The molecule has 0 saturated heterocycles. The molecule has 1 aromatic rings. The molecule has 104 valence electrons. The lowest BCUT2D eigenvalue weighted by Gasteiger charge is -2.34. The Morgan fingerprint density at radius 1 is 1.42 bits per heavy atom. The standard InChI is InChI=1S/C17H25NO/c1-17(2)11-15-14(16(19)12-17)8-10-18(15)9-7-13-5-3-4-6-13/h5,8,10,16,19H,3-4,6-7,9,11-12H2,1-2H3. The Morgan fingerprint density at radius 2 is 2.26 bits per heavy atom. The molecule has 0 fully saturated rings. The smallest absolute Gasteiger partial charge is 0.0812 e. The van der Waals surface area contributed by atoms with Crippen LogP contribution in [0.1, 0.15) is 63.3 Å². The highest BCUT2D eigenvalue weighted by Gasteiger charge is 2.33. The molecule has 2 heteroatoms. The predicted molar refractivity (Wildman–Crippen MR) is 78.0 cm³/mol. The van der Waals surface area contributed by atoms with Crippen molar-refractivity contribution in [2.75, 3.05) is 0 Å². The Labute approximate surface area is 116 Å². The Kier molecular flexibility index (Phi) is 3.30. The molecule has 2 aliphatic carbocycles. The summed E-state index contributed by atoms with van der Waals surface area (Å²) in [6, 6.07) is 2.12. The van der Waals surface area contributed by atoms with Gasteiger partial charge in [0.25, 0.3) is 0 Å². The molecule has 3 rings (SSSR count). The van der Waals surface area contributed by atoms with Gasteiger partial charge in [0.15, 0.2) is 0 Å². The Bertz CT molecular complexity index is 495. The van der Waals surface area contributed by atoms with Gasteiger partial charge in [0, 0.05) is 24.0 Å². The highest BCUT2D eigenvalue weighted by atomic mass is 16.3. The Hall–Kier alpha value is -1.02. The van der Waals surface area contributed by atoms with Crippen molar-refractivity contribution in [3.05, 3.63) is 35.2 Å². The van der Waals surface area contributed by atoms with Gasteiger partial charge in [-0.3, -0.25) is 0 Å². The van der Waals surface area contributed by atoms with Crippen molar-refractivity contribution in [2.45, 2.75) is 65.0 Å². The van der Waals surface area contributed by atoms with E-state index in [1.54, 1.807) is 5.57 Å². The third kappa shape index (κ3) is 2.64. The van der Waals surface area contributed by atoms with Crippen LogP contribution in [0.25, 0.3) is 0 Å². The molecule has 0 spiro atoms. The monoisotopic (exact) mass is 259 g/mol. The highest BCUT2D eigenvalue weighted by Crippen LogP contribution is 2.41. The summed E-state index contributed by atoms with van der Waals surface area (Å²) in [5.74, 6) is 0. The zero-order valence-electron chi connectivity index (χ0n) is 12.2. The van der Waals surface area contributed by atoms with Crippen LogP contribution in [0, 0.1) is 5.41 Å². The number of fused-ring (bicyclic) bond motifs is 1. The second kappa shape index (κ2) is 4.82. The van der Waals surface area contributed by atoms with Crippen LogP contribution in [0.4, 0.5) is 0 Å². The SMILES string of the molecule is CC1(C)Cc2c(ccn2CCC2=CCCC2)C(O)C1. The van der Waals surface area contributed by atoms with Gasteiger partial charge in [-0.15, -0.1) is 0 Å². The van der Waals surface area contributed by atoms with Gasteiger partial charge in [-0.25, -0.2) is 0 Å². The van der Waals surface area contributed by atoms with E-state index in [0.717, 1.165) is 19.4 Å². The number of hydrogen-bond acceptors (Lipinski definition) is 1. The molecule has 19 heavy (non-hydrogen) atoms. The van der Waals surface area contributed by atoms with E-state index in [9.17, 15) is 5.11 Å². The average molecular weight is 259 g/mol. The third-order valence-corrected chi connectivity index (χ3v) is 4.67. The van der Waals surface area contributed by atoms with Crippen LogP contribution >= 0.6 is 0 Å². The molecule has 1 heterocycles. The second-order valence-corrected chi connectivity index (χ2v) is 6.98. The minimum atomic E-state index is -0.273. The van der Waals surface area contributed by atoms with E-state index in [1.165, 1.54) is 36.9 Å². The summed E-state index contributed by atoms with van der Waals surface area (Å²) in [7, 11) is 0. The van der Waals surface area contributed by atoms with Gasteiger partial charge in [-0.1, -0.05) is 25.5 Å². The maximum Gasteiger partial charge on any atom is 0.0812 e. The first-order valence-electron chi connectivity index (χ1n) is 7.59. The zero-order chi connectivity index (χ0) is 13.5. The van der Waals surface area contributed by atoms with Crippen molar-refractivity contribution >= 4 is 0 Å². The van der Waals surface area contributed by atoms with Crippen molar-refractivity contribution in [2.24, 2.45) is 5.41 Å². The second-order valence-electron chi connectivity index (χ2n) is 6.98. The van der Waals surface area contributed by atoms with Gasteiger partial charge in [-0.05, 0) is 50.0 Å². The number of rotatable bonds is 3. The van der Waals surface area contributed by atoms with Gasteiger partial charge in [0.05, 0.1) is 6.10 Å². The first-order chi connectivity index (χ1) is 9.05. The maximum absolute atomic E-state index is 10.3. The number of aromatic nitrogens is 1. The van der Waals surface area contributed by atoms with Crippen molar-refractivity contribution < 1.29 is 5.11 Å². The summed E-state index contributed by atoms with van der Waals surface area (Å²) in [5, 5.41) is 10.3. The molecule has 1 atom stereocenters. The highest BCUT2D eigenvalue weighted by molar-refractivity contribution is 5.29. The minimum Gasteiger partial charge on any atom is -0.388 e. The van der Waals surface area contributed by atoms with Crippen LogP contribution < -0.4 is 0 Å². The van der Waals surface area contributed by atoms with Gasteiger partial charge >= 0.3 is 0 Å². The van der Waals surface area contributed by atoms with E-state index < -0.39 is 0 Å². The van der Waals surface area contributed by atoms with Crippen LogP contribution in [0.5, 0.6) is 0 Å². The van der Waals surface area contributed by atoms with E-state index in [0.29, 0.717) is 0 Å². The van der Waals surface area contributed by atoms with Crippen LogP contribution in [0.2, 0.25) is 0 Å². The summed E-state index contributed by atoms with van der Waals surface area (Å²) >= 11 is 0. The molecule has 1 unspecified atom stereocenters. The zero-order valence-corrected chi connectivity index (χ0v) is 12.2. The molecule has 0 aromatic carbocycles. The van der Waals surface area contributed by atoms with Crippen LogP contribution in [-0.4, -0.2) is 9.67 Å². The van der Waals surface area contributed by atoms with Gasteiger partial charge in [0.1, 0.15) is 0 Å². The van der Waals surface area contributed by atoms with Crippen LogP contribution in [0.3, 0.4) is 0 Å². The molecule has 0 amide bonds. The van der Waals surface area contributed by atoms with Crippen molar-refractivity contribution in [1.29, 1.82) is 0 Å². The Morgan fingerprint density at radius 3 is 3.00 bits per heavy atom. The summed E-state index contributed by atoms with van der Waals surface area (Å²) in [5.41, 5.74) is 4.37. The minimum absolute atomic E-state index is 0.217. The van der Waals surface area contributed by atoms with Gasteiger partial charge in [0.2, 0.25) is 0 Å². The number of allylic oxidation sites excluding steroid dienone is 2. The number of aliphatic hydroxyl groups excluding tert-OH is 1. The Balaban J connectivity index is 1.76. The van der Waals surface area contributed by atoms with E-state index in [-0.39, 0.29) is 11.5 Å². The molecular formula is C17H25NO. The molecule has 0 bridgehead atoms. The van der Waals surface area contributed by atoms with Crippen molar-refractivity contribution in [3.8, 4) is 0 Å². The summed E-state index contributed by atoms with van der Waals surface area (Å²) in [4.78, 5) is 0. The molecule has 0 aliphatic heterocycles. The number of aliphatic hydroxyl groups is 1. The van der Waals surface area contributed by atoms with Gasteiger partial charge in [-0.2, -0.15) is 0 Å². The van der Waals surface area contributed by atoms with E-state index in [2.05, 4.69) is 36.8 Å². The summed E-state index contributed by atoms with van der Waals surface area (Å²) in [6.07, 6.45) is 11.4. The number of hydrogen-bond donors (Lipinski definition) is 1. The first-order valence-corrected chi connectivity index (χ1v) is 7.59. The van der Waals surface area contributed by atoms with Crippen LogP contribution in [0.15, 0.2) is 23.9 Å². The lowest BCUT2D eigenvalue weighted by Crippen LogP contribution is -2.26. The molecule has 0 saturated carbocycles. The number of nitrogens with zero attached hydrogens (tertiary/aromatic N) is 1. The van der Waals surface area contributed by atoms with Crippen molar-refractivity contribution in [1.82, 2.24) is 4.57 Å². The lowest BCUT2D eigenvalue weighted by molar-refractivity contribution is 0.0979. The average Bonchev–Trinajstić information content (AvgIpc) is 2.93. The molecule has 1 aromatic heterocycles. The fourth-order valence-electron chi connectivity index (χ4n) is 3.63. The predicted octanol–water partition coefficient (Wildman–Crippen LogP) is 3.99. The molecule has 2 nitrogen and oxygen atoms in total. The van der Waals surface area contributed by atoms with Crippen LogP contribution in [-0.2, 0) is 13.0 Å². The quantitative estimate of drug-likeness (QED) is 0.816. The number of aryl methyl sites for hydroxylation is 1. The molecular weight excluding hydrogens is 234 g/mol. The fraction of sp³-hybridized carbons (Fsp3) is 0.647. The molecule has 2 aliphatic rings. The molecule has 1 N–H and O–H groups in total. The maximum atomic E-state index is 10.3. The topological polar surface area (TPSA) is 25.2 Å². The van der Waals surface area contributed by atoms with E-state index in [1.807, 2.05) is 0 Å².